The van der Waals surface area contributed by atoms with Crippen molar-refractivity contribution in [2.45, 2.75) is 63.6 Å². The number of aliphatic hydroxyl groups excluding tert-OH is 1. The molecule has 0 radical (unpaired) electrons. The quantitative estimate of drug-likeness (QED) is 0.788. The van der Waals surface area contributed by atoms with E-state index in [2.05, 4.69) is 10.2 Å². The van der Waals surface area contributed by atoms with Gasteiger partial charge >= 0.3 is 0 Å². The van der Waals surface area contributed by atoms with Gasteiger partial charge in [-0.2, -0.15) is 0 Å². The molecule has 2 N–H and O–H groups in total. The largest absolute Gasteiger partial charge is 0.393 e. The van der Waals surface area contributed by atoms with E-state index in [-0.39, 0.29) is 18.1 Å². The second-order valence-corrected chi connectivity index (χ2v) is 6.16. The van der Waals surface area contributed by atoms with Crippen LogP contribution in [0.4, 0.5) is 0 Å². The van der Waals surface area contributed by atoms with Crippen LogP contribution in [0.25, 0.3) is 0 Å². The predicted octanol–water partition coefficient (Wildman–Crippen LogP) is 0.907. The highest BCUT2D eigenvalue weighted by Crippen LogP contribution is 2.20. The van der Waals surface area contributed by atoms with Crippen LogP contribution in [0.1, 0.15) is 45.4 Å². The molecule has 0 aromatic rings. The third kappa shape index (κ3) is 5.04. The number of hydrogen-bond acceptors (Lipinski definition) is 4. The zero-order valence-electron chi connectivity index (χ0n) is 12.5. The molecule has 0 aromatic carbocycles. The molecular formula is C15H28N2O3. The molecule has 2 fully saturated rings. The van der Waals surface area contributed by atoms with Crippen molar-refractivity contribution >= 4 is 5.91 Å². The van der Waals surface area contributed by atoms with Gasteiger partial charge in [0.1, 0.15) is 0 Å². The fourth-order valence-electron chi connectivity index (χ4n) is 3.23. The Morgan fingerprint density at radius 1 is 1.35 bits per heavy atom. The van der Waals surface area contributed by atoms with E-state index in [0.29, 0.717) is 12.6 Å². The van der Waals surface area contributed by atoms with Crippen LogP contribution in [0.3, 0.4) is 0 Å². The number of aliphatic hydroxyl groups is 1. The van der Waals surface area contributed by atoms with E-state index in [0.717, 1.165) is 51.9 Å². The number of amides is 1. The maximum atomic E-state index is 12.2. The van der Waals surface area contributed by atoms with Crippen molar-refractivity contribution < 1.29 is 14.6 Å². The smallest absolute Gasteiger partial charge is 0.234 e. The predicted molar refractivity (Wildman–Crippen MR) is 77.5 cm³/mol. The van der Waals surface area contributed by atoms with Gasteiger partial charge in [0.25, 0.3) is 0 Å². The lowest BCUT2D eigenvalue weighted by Gasteiger charge is -2.36. The first-order valence-electron chi connectivity index (χ1n) is 7.94. The first-order chi connectivity index (χ1) is 9.65. The molecular weight excluding hydrogens is 256 g/mol. The van der Waals surface area contributed by atoms with Gasteiger partial charge in [-0.25, -0.2) is 0 Å². The lowest BCUT2D eigenvalue weighted by molar-refractivity contribution is -0.124. The average Bonchev–Trinajstić information content (AvgIpc) is 2.41. The van der Waals surface area contributed by atoms with E-state index in [1.54, 1.807) is 0 Å². The zero-order chi connectivity index (χ0) is 14.4. The number of rotatable bonds is 5. The minimum Gasteiger partial charge on any atom is -0.393 e. The summed E-state index contributed by atoms with van der Waals surface area (Å²) < 4.78 is 5.30. The number of nitrogens with zero attached hydrogens (tertiary/aromatic N) is 1. The van der Waals surface area contributed by atoms with Crippen LogP contribution in [-0.4, -0.2) is 60.4 Å². The summed E-state index contributed by atoms with van der Waals surface area (Å²) in [5, 5.41) is 12.7. The molecule has 116 valence electrons. The molecule has 2 atom stereocenters. The number of nitrogens with one attached hydrogen (secondary N) is 1. The van der Waals surface area contributed by atoms with Crippen LogP contribution in [-0.2, 0) is 9.53 Å². The number of carbonyl (C=O) groups excluding carboxylic acids is 1. The average molecular weight is 284 g/mol. The molecule has 0 aromatic heterocycles. The lowest BCUT2D eigenvalue weighted by atomic mass is 9.97. The Morgan fingerprint density at radius 3 is 2.80 bits per heavy atom. The van der Waals surface area contributed by atoms with Crippen molar-refractivity contribution in [3.63, 3.8) is 0 Å². The molecule has 2 aliphatic heterocycles. The summed E-state index contributed by atoms with van der Waals surface area (Å²) >= 11 is 0. The summed E-state index contributed by atoms with van der Waals surface area (Å²) in [7, 11) is 0. The number of ether oxygens (including phenoxy) is 1. The molecule has 2 heterocycles. The Bertz CT molecular complexity index is 303. The standard InChI is InChI=1S/C15H28N2O3/c1-12(18)10-14-4-2-3-7-17(14)11-15(19)16-13-5-8-20-9-6-13/h12-14,18H,2-11H2,1H3,(H,16,19). The highest BCUT2D eigenvalue weighted by Gasteiger charge is 2.26. The summed E-state index contributed by atoms with van der Waals surface area (Å²) in [6, 6.07) is 0.625. The van der Waals surface area contributed by atoms with Crippen molar-refractivity contribution in [3.05, 3.63) is 0 Å². The highest BCUT2D eigenvalue weighted by atomic mass is 16.5. The lowest BCUT2D eigenvalue weighted by Crippen LogP contribution is -2.49. The first-order valence-corrected chi connectivity index (χ1v) is 7.94. The van der Waals surface area contributed by atoms with Gasteiger partial charge in [-0.3, -0.25) is 9.69 Å². The van der Waals surface area contributed by atoms with E-state index in [1.165, 1.54) is 6.42 Å². The molecule has 0 aliphatic carbocycles. The third-order valence-electron chi connectivity index (χ3n) is 4.30. The molecule has 2 rings (SSSR count). The van der Waals surface area contributed by atoms with E-state index in [1.807, 2.05) is 6.92 Å². The summed E-state index contributed by atoms with van der Waals surface area (Å²) in [5.41, 5.74) is 0. The second-order valence-electron chi connectivity index (χ2n) is 6.16. The van der Waals surface area contributed by atoms with Crippen molar-refractivity contribution in [3.8, 4) is 0 Å². The second kappa shape index (κ2) is 7.96. The van der Waals surface area contributed by atoms with Crippen molar-refractivity contribution in [1.82, 2.24) is 10.2 Å². The maximum Gasteiger partial charge on any atom is 0.234 e. The molecule has 20 heavy (non-hydrogen) atoms. The van der Waals surface area contributed by atoms with E-state index in [9.17, 15) is 9.90 Å². The van der Waals surface area contributed by atoms with E-state index >= 15 is 0 Å². The fourth-order valence-corrected chi connectivity index (χ4v) is 3.23. The van der Waals surface area contributed by atoms with Crippen LogP contribution < -0.4 is 5.32 Å². The molecule has 1 amide bonds. The molecule has 0 spiro atoms. The molecule has 5 heteroatoms. The number of hydrogen-bond donors (Lipinski definition) is 2. The number of piperidine rings is 1. The van der Waals surface area contributed by atoms with Gasteiger partial charge < -0.3 is 15.2 Å². The molecule has 0 saturated carbocycles. The van der Waals surface area contributed by atoms with Gasteiger partial charge in [-0.15, -0.1) is 0 Å². The summed E-state index contributed by atoms with van der Waals surface area (Å²) in [6.45, 7) is 4.76. The minimum atomic E-state index is -0.292. The SMILES string of the molecule is CC(O)CC1CCCCN1CC(=O)NC1CCOCC1. The Hall–Kier alpha value is -0.650. The third-order valence-corrected chi connectivity index (χ3v) is 4.30. The summed E-state index contributed by atoms with van der Waals surface area (Å²) in [6.07, 6.45) is 5.77. The van der Waals surface area contributed by atoms with E-state index < -0.39 is 0 Å². The first kappa shape index (κ1) is 15.7. The minimum absolute atomic E-state index is 0.120. The summed E-state index contributed by atoms with van der Waals surface area (Å²) in [4.78, 5) is 14.4. The number of carbonyl (C=O) groups is 1. The van der Waals surface area contributed by atoms with Gasteiger partial charge in [0.05, 0.1) is 12.6 Å². The molecule has 2 unspecified atom stereocenters. The Balaban J connectivity index is 1.78. The highest BCUT2D eigenvalue weighted by molar-refractivity contribution is 5.78. The number of likely N-dealkylation sites (tertiary alicyclic amines) is 1. The Labute approximate surface area is 121 Å². The van der Waals surface area contributed by atoms with Gasteiger partial charge in [-0.05, 0) is 45.6 Å². The normalized spacial score (nSPS) is 27.2. The van der Waals surface area contributed by atoms with Gasteiger partial charge in [0.2, 0.25) is 5.91 Å². The monoisotopic (exact) mass is 284 g/mol. The van der Waals surface area contributed by atoms with Gasteiger partial charge in [0.15, 0.2) is 0 Å². The van der Waals surface area contributed by atoms with Crippen LogP contribution >= 0.6 is 0 Å². The van der Waals surface area contributed by atoms with Crippen molar-refractivity contribution in [2.75, 3.05) is 26.3 Å². The molecule has 2 saturated heterocycles. The van der Waals surface area contributed by atoms with Crippen molar-refractivity contribution in [1.29, 1.82) is 0 Å². The van der Waals surface area contributed by atoms with Crippen molar-refractivity contribution in [2.24, 2.45) is 0 Å². The maximum absolute atomic E-state index is 12.2. The van der Waals surface area contributed by atoms with E-state index in [4.69, 9.17) is 4.74 Å². The van der Waals surface area contributed by atoms with Crippen LogP contribution in [0, 0.1) is 0 Å². The fraction of sp³-hybridized carbons (Fsp3) is 0.933. The Morgan fingerprint density at radius 2 is 2.10 bits per heavy atom. The summed E-state index contributed by atoms with van der Waals surface area (Å²) in [5.74, 6) is 0.120. The topological polar surface area (TPSA) is 61.8 Å². The van der Waals surface area contributed by atoms with Gasteiger partial charge in [-0.1, -0.05) is 6.42 Å². The molecule has 5 nitrogen and oxygen atoms in total. The van der Waals surface area contributed by atoms with Gasteiger partial charge in [0, 0.05) is 25.3 Å². The molecule has 0 bridgehead atoms. The van der Waals surface area contributed by atoms with Crippen LogP contribution in [0.2, 0.25) is 0 Å². The molecule has 2 aliphatic rings. The van der Waals surface area contributed by atoms with Crippen LogP contribution in [0.15, 0.2) is 0 Å². The zero-order valence-corrected chi connectivity index (χ0v) is 12.5. The van der Waals surface area contributed by atoms with Crippen LogP contribution in [0.5, 0.6) is 0 Å². The Kier molecular flexibility index (Phi) is 6.26.